The summed E-state index contributed by atoms with van der Waals surface area (Å²) in [6.45, 7) is 8.41. The number of rotatable bonds is 6. The monoisotopic (exact) mass is 348 g/mol. The molecule has 0 aliphatic rings. The Hall–Kier alpha value is -2.01. The van der Waals surface area contributed by atoms with Gasteiger partial charge in [0.2, 0.25) is 0 Å². The van der Waals surface area contributed by atoms with Crippen LogP contribution in [0.3, 0.4) is 0 Å². The summed E-state index contributed by atoms with van der Waals surface area (Å²) in [7, 11) is 0. The summed E-state index contributed by atoms with van der Waals surface area (Å²) in [5.74, 6) is -1.51. The summed E-state index contributed by atoms with van der Waals surface area (Å²) >= 11 is 1.50. The van der Waals surface area contributed by atoms with Gasteiger partial charge in [-0.2, -0.15) is 0 Å². The molecule has 0 spiro atoms. The first-order valence-corrected chi connectivity index (χ1v) is 8.70. The average Bonchev–Trinajstić information content (AvgIpc) is 2.92. The highest BCUT2D eigenvalue weighted by atomic mass is 32.1. The van der Waals surface area contributed by atoms with Gasteiger partial charge in [-0.1, -0.05) is 33.8 Å². The first-order valence-electron chi connectivity index (χ1n) is 7.89. The first-order chi connectivity index (χ1) is 11.2. The third kappa shape index (κ3) is 3.90. The number of Topliss-reactive ketones (excluding diaryl/α,β-unsaturated/α-hetero) is 1. The summed E-state index contributed by atoms with van der Waals surface area (Å²) in [5, 5.41) is 8.85. The van der Waals surface area contributed by atoms with Gasteiger partial charge in [0.25, 0.3) is 0 Å². The molecule has 0 amide bonds. The summed E-state index contributed by atoms with van der Waals surface area (Å²) in [6, 6.07) is 5.76. The summed E-state index contributed by atoms with van der Waals surface area (Å²) in [5.41, 5.74) is 1.28. The number of carbonyl (C=O) groups is 2. The van der Waals surface area contributed by atoms with Crippen molar-refractivity contribution in [3.8, 4) is 0 Å². The highest BCUT2D eigenvalue weighted by Gasteiger charge is 2.19. The van der Waals surface area contributed by atoms with Crippen molar-refractivity contribution in [3.63, 3.8) is 0 Å². The van der Waals surface area contributed by atoms with Crippen LogP contribution in [0.5, 0.6) is 0 Å². The van der Waals surface area contributed by atoms with E-state index in [1.54, 1.807) is 0 Å². The molecule has 0 radical (unpaired) electrons. The van der Waals surface area contributed by atoms with E-state index in [4.69, 9.17) is 5.11 Å². The molecule has 0 unspecified atom stereocenters. The molecule has 0 saturated carbocycles. The van der Waals surface area contributed by atoms with E-state index in [0.29, 0.717) is 22.3 Å². The number of hydrogen-bond acceptors (Lipinski definition) is 3. The Morgan fingerprint density at radius 3 is 2.25 bits per heavy atom. The Balaban J connectivity index is 2.26. The van der Waals surface area contributed by atoms with Crippen LogP contribution in [0.2, 0.25) is 0 Å². The van der Waals surface area contributed by atoms with Crippen molar-refractivity contribution < 1.29 is 19.1 Å². The van der Waals surface area contributed by atoms with Gasteiger partial charge in [0.15, 0.2) is 5.78 Å². The highest BCUT2D eigenvalue weighted by Crippen LogP contribution is 2.34. The normalized spacial score (nSPS) is 11.3. The fraction of sp³-hybridized carbons (Fsp3) is 0.368. The molecule has 0 bridgehead atoms. The molecule has 0 aliphatic heterocycles. The van der Waals surface area contributed by atoms with Crippen LogP contribution >= 0.6 is 11.3 Å². The number of benzene rings is 1. The summed E-state index contributed by atoms with van der Waals surface area (Å²) in [6.07, 6.45) is 0.0619. The lowest BCUT2D eigenvalue weighted by atomic mass is 9.98. The number of aromatic carboxylic acids is 1. The van der Waals surface area contributed by atoms with E-state index in [-0.39, 0.29) is 17.8 Å². The zero-order chi connectivity index (χ0) is 18.0. The number of carboxylic acids is 1. The number of hydrogen-bond donors (Lipinski definition) is 1. The van der Waals surface area contributed by atoms with E-state index in [9.17, 15) is 14.0 Å². The van der Waals surface area contributed by atoms with Gasteiger partial charge in [0.05, 0.1) is 10.4 Å². The van der Waals surface area contributed by atoms with Gasteiger partial charge >= 0.3 is 5.97 Å². The van der Waals surface area contributed by atoms with Crippen LogP contribution in [0.4, 0.5) is 4.39 Å². The maximum absolute atomic E-state index is 13.7. The highest BCUT2D eigenvalue weighted by molar-refractivity contribution is 7.14. The quantitative estimate of drug-likeness (QED) is 0.725. The minimum absolute atomic E-state index is 0.0619. The smallest absolute Gasteiger partial charge is 0.338 e. The van der Waals surface area contributed by atoms with E-state index in [0.717, 1.165) is 6.07 Å². The molecule has 24 heavy (non-hydrogen) atoms. The molecule has 2 aromatic rings. The fourth-order valence-corrected chi connectivity index (χ4v) is 3.83. The van der Waals surface area contributed by atoms with Crippen molar-refractivity contribution in [1.82, 2.24) is 0 Å². The summed E-state index contributed by atoms with van der Waals surface area (Å²) < 4.78 is 13.7. The van der Waals surface area contributed by atoms with Gasteiger partial charge in [0, 0.05) is 11.3 Å². The third-order valence-electron chi connectivity index (χ3n) is 3.84. The molecule has 1 aromatic carbocycles. The van der Waals surface area contributed by atoms with Gasteiger partial charge < -0.3 is 5.11 Å². The second kappa shape index (κ2) is 7.26. The van der Waals surface area contributed by atoms with E-state index in [1.165, 1.54) is 33.9 Å². The Labute approximate surface area is 145 Å². The van der Waals surface area contributed by atoms with Crippen molar-refractivity contribution in [2.24, 2.45) is 0 Å². The van der Waals surface area contributed by atoms with Crippen molar-refractivity contribution >= 4 is 23.1 Å². The van der Waals surface area contributed by atoms with Crippen LogP contribution in [0.1, 0.15) is 75.6 Å². The van der Waals surface area contributed by atoms with Crippen LogP contribution in [-0.2, 0) is 6.42 Å². The molecule has 128 valence electrons. The molecule has 1 heterocycles. The zero-order valence-corrected chi connectivity index (χ0v) is 15.0. The number of carboxylic acid groups (broad SMARTS) is 1. The van der Waals surface area contributed by atoms with Crippen molar-refractivity contribution in [3.05, 3.63) is 56.5 Å². The van der Waals surface area contributed by atoms with Gasteiger partial charge in [-0.05, 0) is 41.2 Å². The fourth-order valence-electron chi connectivity index (χ4n) is 2.57. The third-order valence-corrected chi connectivity index (χ3v) is 5.33. The maximum atomic E-state index is 13.7. The zero-order valence-electron chi connectivity index (χ0n) is 14.2. The van der Waals surface area contributed by atoms with E-state index in [2.05, 4.69) is 27.7 Å². The van der Waals surface area contributed by atoms with Gasteiger partial charge in [-0.15, -0.1) is 11.3 Å². The van der Waals surface area contributed by atoms with Crippen molar-refractivity contribution in [1.29, 1.82) is 0 Å². The maximum Gasteiger partial charge on any atom is 0.338 e. The second-order valence-corrected chi connectivity index (χ2v) is 7.54. The lowest BCUT2D eigenvalue weighted by Gasteiger charge is -2.08. The Morgan fingerprint density at radius 1 is 1.12 bits per heavy atom. The number of halogens is 1. The van der Waals surface area contributed by atoms with Gasteiger partial charge in [0.1, 0.15) is 5.82 Å². The Morgan fingerprint density at radius 2 is 1.79 bits per heavy atom. The molecule has 0 aliphatic carbocycles. The number of thiophene rings is 1. The Bertz CT molecular complexity index is 749. The van der Waals surface area contributed by atoms with Crippen LogP contribution in [0, 0.1) is 5.82 Å². The molecule has 0 atom stereocenters. The molecule has 1 N–H and O–H groups in total. The van der Waals surface area contributed by atoms with Crippen LogP contribution < -0.4 is 0 Å². The van der Waals surface area contributed by atoms with Crippen molar-refractivity contribution in [2.75, 3.05) is 0 Å². The second-order valence-electron chi connectivity index (χ2n) is 6.46. The van der Waals surface area contributed by atoms with Crippen LogP contribution in [0.25, 0.3) is 0 Å². The molecular weight excluding hydrogens is 327 g/mol. The van der Waals surface area contributed by atoms with E-state index >= 15 is 0 Å². The molecule has 0 saturated heterocycles. The largest absolute Gasteiger partial charge is 0.478 e. The first kappa shape index (κ1) is 18.3. The predicted octanol–water partition coefficient (Wildman–Crippen LogP) is 5.26. The predicted molar refractivity (Wildman–Crippen MR) is 93.9 cm³/mol. The summed E-state index contributed by atoms with van der Waals surface area (Å²) in [4.78, 5) is 25.2. The molecular formula is C19H21FO3S. The molecule has 2 rings (SSSR count). The molecule has 3 nitrogen and oxygen atoms in total. The van der Waals surface area contributed by atoms with Crippen LogP contribution in [-0.4, -0.2) is 16.9 Å². The lowest BCUT2D eigenvalue weighted by molar-refractivity contribution is 0.0691. The van der Waals surface area contributed by atoms with E-state index in [1.807, 2.05) is 6.07 Å². The van der Waals surface area contributed by atoms with Crippen LogP contribution in [0.15, 0.2) is 24.3 Å². The molecule has 5 heteroatoms. The molecule has 1 aromatic heterocycles. The number of carbonyl (C=O) groups excluding carboxylic acids is 1. The standard InChI is InChI=1S/C19H21FO3S/c1-10(2)14-9-17(24-18(14)11(3)4)16(21)8-12-5-6-13(19(22)23)15(20)7-12/h5-7,9-11H,8H2,1-4H3,(H,22,23). The average molecular weight is 348 g/mol. The van der Waals surface area contributed by atoms with Gasteiger partial charge in [-0.3, -0.25) is 4.79 Å². The van der Waals surface area contributed by atoms with E-state index < -0.39 is 11.8 Å². The number of ketones is 1. The minimum Gasteiger partial charge on any atom is -0.478 e. The molecule has 0 fully saturated rings. The lowest BCUT2D eigenvalue weighted by Crippen LogP contribution is -2.05. The van der Waals surface area contributed by atoms with Gasteiger partial charge in [-0.25, -0.2) is 9.18 Å². The topological polar surface area (TPSA) is 54.4 Å². The van der Waals surface area contributed by atoms with Crippen molar-refractivity contribution in [2.45, 2.75) is 46.0 Å². The minimum atomic E-state index is -1.31. The SMILES string of the molecule is CC(C)c1cc(C(=O)Cc2ccc(C(=O)O)c(F)c2)sc1C(C)C. The Kier molecular flexibility index (Phi) is 5.54.